The molecule has 2 fully saturated rings. The highest BCUT2D eigenvalue weighted by atomic mass is 15.2. The van der Waals surface area contributed by atoms with E-state index < -0.39 is 0 Å². The van der Waals surface area contributed by atoms with Crippen molar-refractivity contribution in [3.63, 3.8) is 0 Å². The molecule has 1 nitrogen and oxygen atoms in total. The van der Waals surface area contributed by atoms with Crippen LogP contribution in [0.1, 0.15) is 26.7 Å². The predicted octanol–water partition coefficient (Wildman–Crippen LogP) is 1.74. The second-order valence-electron chi connectivity index (χ2n) is 4.15. The lowest BCUT2D eigenvalue weighted by molar-refractivity contribution is 0.243. The molecule has 1 saturated heterocycles. The normalized spacial score (nSPS) is 39.9. The highest BCUT2D eigenvalue weighted by Gasteiger charge is 2.39. The lowest BCUT2D eigenvalue weighted by atomic mass is 9.77. The quantitative estimate of drug-likeness (QED) is 0.535. The number of hydrogen-bond donors (Lipinski definition) is 0. The standard InChI is InChI=1S/C9H17N/c1-7(2)10-5-8-3-4-9(8)6-10/h7-9H,3-6H2,1-2H3. The van der Waals surface area contributed by atoms with E-state index in [4.69, 9.17) is 0 Å². The highest BCUT2D eigenvalue weighted by molar-refractivity contribution is 4.92. The summed E-state index contributed by atoms with van der Waals surface area (Å²) in [6.07, 6.45) is 3.02. The van der Waals surface area contributed by atoms with Crippen molar-refractivity contribution in [1.82, 2.24) is 4.90 Å². The molecular weight excluding hydrogens is 122 g/mol. The Morgan fingerprint density at radius 2 is 1.60 bits per heavy atom. The third kappa shape index (κ3) is 0.878. The third-order valence-corrected chi connectivity index (χ3v) is 3.24. The Balaban J connectivity index is 1.92. The second kappa shape index (κ2) is 2.23. The van der Waals surface area contributed by atoms with Gasteiger partial charge in [-0.2, -0.15) is 0 Å². The van der Waals surface area contributed by atoms with Crippen molar-refractivity contribution in [3.8, 4) is 0 Å². The van der Waals surface area contributed by atoms with Gasteiger partial charge in [0.25, 0.3) is 0 Å². The lowest BCUT2D eigenvalue weighted by Gasteiger charge is -2.28. The van der Waals surface area contributed by atoms with Crippen LogP contribution in [0.4, 0.5) is 0 Å². The first-order valence-electron chi connectivity index (χ1n) is 4.51. The molecule has 0 bridgehead atoms. The Morgan fingerprint density at radius 3 is 1.90 bits per heavy atom. The molecule has 2 aliphatic rings. The van der Waals surface area contributed by atoms with E-state index in [1.807, 2.05) is 0 Å². The minimum absolute atomic E-state index is 0.783. The maximum atomic E-state index is 2.63. The Labute approximate surface area is 63.4 Å². The van der Waals surface area contributed by atoms with Crippen LogP contribution in [0.2, 0.25) is 0 Å². The van der Waals surface area contributed by atoms with Gasteiger partial charge in [-0.3, -0.25) is 0 Å². The van der Waals surface area contributed by atoms with Crippen LogP contribution in [0.5, 0.6) is 0 Å². The molecule has 1 heterocycles. The molecule has 0 radical (unpaired) electrons. The van der Waals surface area contributed by atoms with Gasteiger partial charge in [-0.25, -0.2) is 0 Å². The van der Waals surface area contributed by atoms with Gasteiger partial charge in [-0.15, -0.1) is 0 Å². The molecule has 1 aliphatic heterocycles. The van der Waals surface area contributed by atoms with Gasteiger partial charge in [0, 0.05) is 19.1 Å². The van der Waals surface area contributed by atoms with Gasteiger partial charge in [0.2, 0.25) is 0 Å². The largest absolute Gasteiger partial charge is 0.300 e. The fraction of sp³-hybridized carbons (Fsp3) is 1.00. The number of fused-ring (bicyclic) bond motifs is 1. The third-order valence-electron chi connectivity index (χ3n) is 3.24. The fourth-order valence-electron chi connectivity index (χ4n) is 2.22. The van der Waals surface area contributed by atoms with E-state index in [9.17, 15) is 0 Å². The molecule has 0 spiro atoms. The average molecular weight is 139 g/mol. The van der Waals surface area contributed by atoms with Crippen LogP contribution in [0.3, 0.4) is 0 Å². The zero-order valence-corrected chi connectivity index (χ0v) is 7.01. The fourth-order valence-corrected chi connectivity index (χ4v) is 2.22. The SMILES string of the molecule is CC(C)N1CC2CCC2C1. The maximum Gasteiger partial charge on any atom is 0.00388 e. The van der Waals surface area contributed by atoms with E-state index in [-0.39, 0.29) is 0 Å². The molecule has 0 amide bonds. The Hall–Kier alpha value is -0.0400. The summed E-state index contributed by atoms with van der Waals surface area (Å²) in [4.78, 5) is 2.63. The monoisotopic (exact) mass is 139 g/mol. The molecule has 1 heteroatoms. The van der Waals surface area contributed by atoms with Gasteiger partial charge in [-0.05, 0) is 38.5 Å². The van der Waals surface area contributed by atoms with Crippen LogP contribution in [0, 0.1) is 11.8 Å². The number of rotatable bonds is 1. The van der Waals surface area contributed by atoms with Crippen LogP contribution in [-0.2, 0) is 0 Å². The molecule has 0 aromatic rings. The van der Waals surface area contributed by atoms with Gasteiger partial charge < -0.3 is 4.90 Å². The molecule has 58 valence electrons. The number of nitrogens with zero attached hydrogens (tertiary/aromatic N) is 1. The summed E-state index contributed by atoms with van der Waals surface area (Å²) in [5, 5.41) is 0. The molecule has 0 aromatic carbocycles. The van der Waals surface area contributed by atoms with Crippen molar-refractivity contribution in [2.24, 2.45) is 11.8 Å². The van der Waals surface area contributed by atoms with Crippen LogP contribution < -0.4 is 0 Å². The van der Waals surface area contributed by atoms with Gasteiger partial charge in [0.05, 0.1) is 0 Å². The first-order chi connectivity index (χ1) is 4.77. The predicted molar refractivity (Wildman–Crippen MR) is 42.9 cm³/mol. The topological polar surface area (TPSA) is 3.24 Å². The Morgan fingerprint density at radius 1 is 1.10 bits per heavy atom. The van der Waals surface area contributed by atoms with E-state index in [0.29, 0.717) is 0 Å². The summed E-state index contributed by atoms with van der Waals surface area (Å²) in [5.41, 5.74) is 0. The molecule has 2 unspecified atom stereocenters. The summed E-state index contributed by atoms with van der Waals surface area (Å²) >= 11 is 0. The molecule has 1 aliphatic carbocycles. The molecule has 2 rings (SSSR count). The van der Waals surface area contributed by atoms with Crippen molar-refractivity contribution in [3.05, 3.63) is 0 Å². The smallest absolute Gasteiger partial charge is 0.00388 e. The van der Waals surface area contributed by atoms with E-state index in [0.717, 1.165) is 17.9 Å². The first kappa shape index (κ1) is 6.66. The van der Waals surface area contributed by atoms with Crippen molar-refractivity contribution < 1.29 is 0 Å². The van der Waals surface area contributed by atoms with Crippen molar-refractivity contribution >= 4 is 0 Å². The summed E-state index contributed by atoms with van der Waals surface area (Å²) < 4.78 is 0. The van der Waals surface area contributed by atoms with Gasteiger partial charge >= 0.3 is 0 Å². The lowest BCUT2D eigenvalue weighted by Crippen LogP contribution is -2.27. The summed E-state index contributed by atoms with van der Waals surface area (Å²) in [6, 6.07) is 0.783. The molecular formula is C9H17N. The van der Waals surface area contributed by atoms with Crippen molar-refractivity contribution in [2.45, 2.75) is 32.7 Å². The summed E-state index contributed by atoms with van der Waals surface area (Å²) in [7, 11) is 0. The van der Waals surface area contributed by atoms with Gasteiger partial charge in [0.1, 0.15) is 0 Å². The second-order valence-corrected chi connectivity index (χ2v) is 4.15. The number of hydrogen-bond acceptors (Lipinski definition) is 1. The van der Waals surface area contributed by atoms with Gasteiger partial charge in [-0.1, -0.05) is 0 Å². The van der Waals surface area contributed by atoms with E-state index in [1.54, 1.807) is 0 Å². The minimum Gasteiger partial charge on any atom is -0.300 e. The summed E-state index contributed by atoms with van der Waals surface area (Å²) in [6.45, 7) is 7.40. The molecule has 1 saturated carbocycles. The maximum absolute atomic E-state index is 2.63. The van der Waals surface area contributed by atoms with Gasteiger partial charge in [0.15, 0.2) is 0 Å². The minimum atomic E-state index is 0.783. The molecule has 2 atom stereocenters. The number of likely N-dealkylation sites (tertiary alicyclic amines) is 1. The van der Waals surface area contributed by atoms with Crippen LogP contribution in [-0.4, -0.2) is 24.0 Å². The molecule has 0 N–H and O–H groups in total. The van der Waals surface area contributed by atoms with Crippen LogP contribution in [0.15, 0.2) is 0 Å². The zero-order valence-electron chi connectivity index (χ0n) is 7.01. The average Bonchev–Trinajstić information content (AvgIpc) is 2.09. The Kier molecular flexibility index (Phi) is 1.48. The Bertz CT molecular complexity index is 119. The first-order valence-corrected chi connectivity index (χ1v) is 4.51. The highest BCUT2D eigenvalue weighted by Crippen LogP contribution is 2.40. The summed E-state index contributed by atoms with van der Waals surface area (Å²) in [5.74, 6) is 2.17. The molecule has 10 heavy (non-hydrogen) atoms. The van der Waals surface area contributed by atoms with E-state index in [1.165, 1.54) is 25.9 Å². The van der Waals surface area contributed by atoms with E-state index >= 15 is 0 Å². The van der Waals surface area contributed by atoms with E-state index in [2.05, 4.69) is 18.7 Å². The van der Waals surface area contributed by atoms with Crippen molar-refractivity contribution in [2.75, 3.05) is 13.1 Å². The van der Waals surface area contributed by atoms with Crippen LogP contribution in [0.25, 0.3) is 0 Å². The van der Waals surface area contributed by atoms with Crippen LogP contribution >= 0.6 is 0 Å². The van der Waals surface area contributed by atoms with Crippen molar-refractivity contribution in [1.29, 1.82) is 0 Å². The zero-order chi connectivity index (χ0) is 7.14. The molecule has 0 aromatic heterocycles.